The zero-order chi connectivity index (χ0) is 11.4. The van der Waals surface area contributed by atoms with Gasteiger partial charge in [-0.25, -0.2) is 4.98 Å². The Morgan fingerprint density at radius 2 is 2.31 bits per heavy atom. The van der Waals surface area contributed by atoms with Gasteiger partial charge in [-0.05, 0) is 0 Å². The van der Waals surface area contributed by atoms with Gasteiger partial charge in [0.05, 0.1) is 12.8 Å². The molecule has 0 saturated carbocycles. The molecular weight excluding hydrogens is 206 g/mol. The number of methoxy groups -OCH3 is 1. The highest BCUT2D eigenvalue weighted by molar-refractivity contribution is 5.36. The standard InChI is InChI=1S/C10H15N5O/c1-14-9(3-4-13-14)15-7-5-11-10(15)12-6-8-16-2/h3-5,7H,6,8H2,1-2H3,(H,11,12). The van der Waals surface area contributed by atoms with Gasteiger partial charge in [0.2, 0.25) is 5.95 Å². The minimum absolute atomic E-state index is 0.651. The van der Waals surface area contributed by atoms with Crippen LogP contribution in [0.1, 0.15) is 0 Å². The van der Waals surface area contributed by atoms with E-state index in [1.54, 1.807) is 24.2 Å². The van der Waals surface area contributed by atoms with Crippen molar-refractivity contribution in [3.05, 3.63) is 24.7 Å². The van der Waals surface area contributed by atoms with E-state index in [0.717, 1.165) is 18.3 Å². The van der Waals surface area contributed by atoms with E-state index in [2.05, 4.69) is 15.4 Å². The van der Waals surface area contributed by atoms with Crippen LogP contribution in [0.3, 0.4) is 0 Å². The molecule has 0 radical (unpaired) electrons. The second-order valence-corrected chi connectivity index (χ2v) is 3.35. The quantitative estimate of drug-likeness (QED) is 0.754. The van der Waals surface area contributed by atoms with Gasteiger partial charge >= 0.3 is 0 Å². The Labute approximate surface area is 93.9 Å². The second kappa shape index (κ2) is 4.80. The molecule has 2 rings (SSSR count). The van der Waals surface area contributed by atoms with Crippen LogP contribution < -0.4 is 5.32 Å². The molecule has 2 heterocycles. The number of aromatic nitrogens is 4. The number of nitrogens with zero attached hydrogens (tertiary/aromatic N) is 4. The van der Waals surface area contributed by atoms with Gasteiger partial charge in [-0.15, -0.1) is 0 Å². The van der Waals surface area contributed by atoms with Crippen molar-refractivity contribution in [3.63, 3.8) is 0 Å². The van der Waals surface area contributed by atoms with Crippen LogP contribution in [0.5, 0.6) is 0 Å². The van der Waals surface area contributed by atoms with Gasteiger partial charge in [0, 0.05) is 39.2 Å². The van der Waals surface area contributed by atoms with Crippen molar-refractivity contribution >= 4 is 5.95 Å². The summed E-state index contributed by atoms with van der Waals surface area (Å²) in [5.74, 6) is 1.76. The minimum atomic E-state index is 0.651. The lowest BCUT2D eigenvalue weighted by Gasteiger charge is -2.09. The summed E-state index contributed by atoms with van der Waals surface area (Å²) in [5.41, 5.74) is 0. The predicted molar refractivity (Wildman–Crippen MR) is 60.7 cm³/mol. The van der Waals surface area contributed by atoms with Crippen LogP contribution in [-0.4, -0.2) is 39.6 Å². The van der Waals surface area contributed by atoms with Crippen LogP contribution in [0.4, 0.5) is 5.95 Å². The maximum atomic E-state index is 4.98. The molecule has 0 aliphatic heterocycles. The molecule has 0 unspecified atom stereocenters. The molecule has 1 N–H and O–H groups in total. The number of nitrogens with one attached hydrogen (secondary N) is 1. The molecule has 0 fully saturated rings. The van der Waals surface area contributed by atoms with Gasteiger partial charge in [-0.2, -0.15) is 5.10 Å². The van der Waals surface area contributed by atoms with Gasteiger partial charge in [0.1, 0.15) is 5.82 Å². The third-order valence-corrected chi connectivity index (χ3v) is 2.27. The second-order valence-electron chi connectivity index (χ2n) is 3.35. The Kier molecular flexibility index (Phi) is 3.21. The van der Waals surface area contributed by atoms with E-state index in [1.165, 1.54) is 0 Å². The van der Waals surface area contributed by atoms with Crippen LogP contribution in [0.2, 0.25) is 0 Å². The Morgan fingerprint density at radius 1 is 1.44 bits per heavy atom. The highest BCUT2D eigenvalue weighted by Crippen LogP contribution is 2.12. The minimum Gasteiger partial charge on any atom is -0.383 e. The molecule has 0 amide bonds. The first-order valence-corrected chi connectivity index (χ1v) is 5.07. The van der Waals surface area contributed by atoms with E-state index in [4.69, 9.17) is 4.74 Å². The molecule has 6 heteroatoms. The Morgan fingerprint density at radius 3 is 3.00 bits per heavy atom. The lowest BCUT2D eigenvalue weighted by Crippen LogP contribution is -2.13. The average Bonchev–Trinajstić information content (AvgIpc) is 2.87. The van der Waals surface area contributed by atoms with Gasteiger partial charge in [-0.3, -0.25) is 9.25 Å². The SMILES string of the molecule is COCCNc1nccn1-c1ccnn1C. The van der Waals surface area contributed by atoms with E-state index >= 15 is 0 Å². The molecule has 0 aliphatic carbocycles. The molecule has 0 atom stereocenters. The van der Waals surface area contributed by atoms with Gasteiger partial charge in [0.25, 0.3) is 0 Å². The number of ether oxygens (including phenoxy) is 1. The van der Waals surface area contributed by atoms with Crippen molar-refractivity contribution in [1.82, 2.24) is 19.3 Å². The number of hydrogen-bond donors (Lipinski definition) is 1. The maximum Gasteiger partial charge on any atom is 0.208 e. The first kappa shape index (κ1) is 10.7. The zero-order valence-electron chi connectivity index (χ0n) is 9.42. The summed E-state index contributed by atoms with van der Waals surface area (Å²) in [5, 5.41) is 7.32. The molecule has 2 aromatic heterocycles. The van der Waals surface area contributed by atoms with Crippen LogP contribution in [0, 0.1) is 0 Å². The van der Waals surface area contributed by atoms with Crippen LogP contribution >= 0.6 is 0 Å². The Hall–Kier alpha value is -1.82. The topological polar surface area (TPSA) is 56.9 Å². The van der Waals surface area contributed by atoms with E-state index in [0.29, 0.717) is 6.61 Å². The molecule has 86 valence electrons. The highest BCUT2D eigenvalue weighted by atomic mass is 16.5. The summed E-state index contributed by atoms with van der Waals surface area (Å²) < 4.78 is 8.72. The normalized spacial score (nSPS) is 10.6. The summed E-state index contributed by atoms with van der Waals surface area (Å²) in [7, 11) is 3.57. The number of hydrogen-bond acceptors (Lipinski definition) is 4. The number of aryl methyl sites for hydroxylation is 1. The molecule has 0 aromatic carbocycles. The lowest BCUT2D eigenvalue weighted by atomic mass is 10.6. The highest BCUT2D eigenvalue weighted by Gasteiger charge is 2.06. The fourth-order valence-corrected chi connectivity index (χ4v) is 1.49. The molecular formula is C10H15N5O. The lowest BCUT2D eigenvalue weighted by molar-refractivity contribution is 0.210. The van der Waals surface area contributed by atoms with E-state index in [9.17, 15) is 0 Å². The van der Waals surface area contributed by atoms with Gasteiger partial charge < -0.3 is 10.1 Å². The van der Waals surface area contributed by atoms with Crippen LogP contribution in [0.15, 0.2) is 24.7 Å². The molecule has 2 aromatic rings. The van der Waals surface area contributed by atoms with E-state index < -0.39 is 0 Å². The van der Waals surface area contributed by atoms with Crippen molar-refractivity contribution in [2.75, 3.05) is 25.6 Å². The van der Waals surface area contributed by atoms with Crippen LogP contribution in [-0.2, 0) is 11.8 Å². The number of rotatable bonds is 5. The molecule has 0 saturated heterocycles. The average molecular weight is 221 g/mol. The van der Waals surface area contributed by atoms with Gasteiger partial charge in [0.15, 0.2) is 0 Å². The first-order chi connectivity index (χ1) is 7.83. The number of imidazole rings is 1. The third-order valence-electron chi connectivity index (χ3n) is 2.27. The van der Waals surface area contributed by atoms with E-state index in [-0.39, 0.29) is 0 Å². The third kappa shape index (κ3) is 2.06. The van der Waals surface area contributed by atoms with Crippen LogP contribution in [0.25, 0.3) is 5.82 Å². The Bertz CT molecular complexity index is 448. The summed E-state index contributed by atoms with van der Waals surface area (Å²) in [4.78, 5) is 4.24. The molecule has 0 aliphatic rings. The number of anilines is 1. The fourth-order valence-electron chi connectivity index (χ4n) is 1.49. The zero-order valence-corrected chi connectivity index (χ0v) is 9.42. The fraction of sp³-hybridized carbons (Fsp3) is 0.400. The molecule has 6 nitrogen and oxygen atoms in total. The Balaban J connectivity index is 2.16. The first-order valence-electron chi connectivity index (χ1n) is 5.07. The van der Waals surface area contributed by atoms with Crippen molar-refractivity contribution in [1.29, 1.82) is 0 Å². The summed E-state index contributed by atoms with van der Waals surface area (Å²) in [6.07, 6.45) is 5.41. The van der Waals surface area contributed by atoms with Crippen molar-refractivity contribution in [2.24, 2.45) is 7.05 Å². The molecule has 0 spiro atoms. The van der Waals surface area contributed by atoms with E-state index in [1.807, 2.05) is 23.9 Å². The molecule has 16 heavy (non-hydrogen) atoms. The molecule has 0 bridgehead atoms. The van der Waals surface area contributed by atoms with Gasteiger partial charge in [-0.1, -0.05) is 0 Å². The largest absolute Gasteiger partial charge is 0.383 e. The monoisotopic (exact) mass is 221 g/mol. The summed E-state index contributed by atoms with van der Waals surface area (Å²) >= 11 is 0. The van der Waals surface area contributed by atoms with Crippen molar-refractivity contribution in [2.45, 2.75) is 0 Å². The summed E-state index contributed by atoms with van der Waals surface area (Å²) in [6.45, 7) is 1.38. The summed E-state index contributed by atoms with van der Waals surface area (Å²) in [6, 6.07) is 1.93. The maximum absolute atomic E-state index is 4.98. The van der Waals surface area contributed by atoms with Crippen molar-refractivity contribution in [3.8, 4) is 5.82 Å². The predicted octanol–water partition coefficient (Wildman–Crippen LogP) is 0.664. The smallest absolute Gasteiger partial charge is 0.208 e. The van der Waals surface area contributed by atoms with Crippen molar-refractivity contribution < 1.29 is 4.74 Å².